The first-order valence-corrected chi connectivity index (χ1v) is 9.82. The lowest BCUT2D eigenvalue weighted by molar-refractivity contribution is -0.143. The van der Waals surface area contributed by atoms with E-state index in [1.807, 2.05) is 0 Å². The molecule has 0 aliphatic heterocycles. The molecule has 33 heavy (non-hydrogen) atoms. The van der Waals surface area contributed by atoms with Crippen molar-refractivity contribution < 1.29 is 35.9 Å². The monoisotopic (exact) mass is 491 g/mol. The first kappa shape index (κ1) is 24.4. The molecule has 3 rings (SSSR count). The minimum atomic E-state index is -4.93. The van der Waals surface area contributed by atoms with E-state index in [4.69, 9.17) is 16.3 Å². The molecule has 1 heterocycles. The third-order valence-electron chi connectivity index (χ3n) is 4.54. The van der Waals surface area contributed by atoms with Crippen LogP contribution in [0.5, 0.6) is 5.75 Å². The Bertz CT molecular complexity index is 1130. The van der Waals surface area contributed by atoms with E-state index in [0.29, 0.717) is 9.70 Å². The van der Waals surface area contributed by atoms with Crippen molar-refractivity contribution in [1.29, 1.82) is 0 Å². The topological polar surface area (TPSA) is 47.4 Å². The summed E-state index contributed by atoms with van der Waals surface area (Å²) in [5.74, 6) is -0.843. The van der Waals surface area contributed by atoms with Crippen LogP contribution in [0.3, 0.4) is 0 Å². The van der Waals surface area contributed by atoms with E-state index < -0.39 is 35.5 Å². The number of halogens is 7. The molecule has 0 saturated heterocycles. The van der Waals surface area contributed by atoms with Gasteiger partial charge in [0, 0.05) is 18.1 Å². The maximum atomic E-state index is 13.7. The fourth-order valence-electron chi connectivity index (χ4n) is 2.98. The van der Waals surface area contributed by atoms with Crippen LogP contribution < -0.4 is 4.74 Å². The molecule has 0 bridgehead atoms. The summed E-state index contributed by atoms with van der Waals surface area (Å²) in [4.78, 5) is 13.5. The van der Waals surface area contributed by atoms with Crippen molar-refractivity contribution in [2.24, 2.45) is 0 Å². The average Bonchev–Trinajstić information content (AvgIpc) is 3.16. The van der Waals surface area contributed by atoms with Gasteiger partial charge in [-0.05, 0) is 48.9 Å². The van der Waals surface area contributed by atoms with E-state index >= 15 is 0 Å². The highest BCUT2D eigenvalue weighted by atomic mass is 35.5. The van der Waals surface area contributed by atoms with E-state index in [0.717, 1.165) is 23.2 Å². The van der Waals surface area contributed by atoms with Crippen LogP contribution in [0, 0.1) is 0 Å². The molecule has 3 aromatic rings. The molecule has 0 unspecified atom stereocenters. The summed E-state index contributed by atoms with van der Waals surface area (Å²) in [5.41, 5.74) is -2.07. The second kappa shape index (κ2) is 9.34. The maximum absolute atomic E-state index is 13.7. The summed E-state index contributed by atoms with van der Waals surface area (Å²) in [5, 5.41) is 3.98. The Hall–Kier alpha value is -3.21. The Morgan fingerprint density at radius 1 is 1.06 bits per heavy atom. The van der Waals surface area contributed by atoms with E-state index in [1.165, 1.54) is 43.3 Å². The molecule has 1 amide bonds. The summed E-state index contributed by atoms with van der Waals surface area (Å²) in [6, 6.07) is 9.63. The lowest BCUT2D eigenvalue weighted by Gasteiger charge is -2.21. The van der Waals surface area contributed by atoms with Crippen LogP contribution in [0.25, 0.3) is 5.69 Å². The number of amides is 1. The van der Waals surface area contributed by atoms with Crippen molar-refractivity contribution in [3.8, 4) is 11.4 Å². The predicted octanol–water partition coefficient (Wildman–Crippen LogP) is 6.58. The zero-order valence-corrected chi connectivity index (χ0v) is 17.7. The van der Waals surface area contributed by atoms with Crippen LogP contribution in [0.15, 0.2) is 54.7 Å². The maximum Gasteiger partial charge on any atom is 0.437 e. The summed E-state index contributed by atoms with van der Waals surface area (Å²) in [7, 11) is 0. The minimum absolute atomic E-state index is 0.0260. The van der Waals surface area contributed by atoms with Crippen LogP contribution in [-0.4, -0.2) is 27.3 Å². The fraction of sp³-hybridized carbons (Fsp3) is 0.238. The van der Waals surface area contributed by atoms with Crippen LogP contribution in [0.2, 0.25) is 5.02 Å². The molecule has 0 aliphatic carbocycles. The van der Waals surface area contributed by atoms with Gasteiger partial charge in [-0.1, -0.05) is 23.7 Å². The van der Waals surface area contributed by atoms with Gasteiger partial charge in [0.1, 0.15) is 0 Å². The van der Waals surface area contributed by atoms with Gasteiger partial charge in [-0.25, -0.2) is 9.48 Å². The molecule has 0 atom stereocenters. The Labute approximate surface area is 189 Å². The molecule has 0 saturated carbocycles. The lowest BCUT2D eigenvalue weighted by atomic mass is 10.1. The van der Waals surface area contributed by atoms with Gasteiger partial charge in [0.15, 0.2) is 11.4 Å². The number of carbonyl (C=O) groups is 1. The lowest BCUT2D eigenvalue weighted by Crippen LogP contribution is -2.33. The highest BCUT2D eigenvalue weighted by Gasteiger charge is 2.41. The van der Waals surface area contributed by atoms with Crippen molar-refractivity contribution in [2.45, 2.75) is 25.8 Å². The first-order valence-electron chi connectivity index (χ1n) is 9.44. The first-order chi connectivity index (χ1) is 15.4. The van der Waals surface area contributed by atoms with Crippen molar-refractivity contribution in [2.75, 3.05) is 6.54 Å². The third-order valence-corrected chi connectivity index (χ3v) is 4.79. The number of benzene rings is 2. The number of rotatable bonds is 5. The molecular formula is C21H16ClF6N3O2. The highest BCUT2D eigenvalue weighted by Crippen LogP contribution is 2.38. The average molecular weight is 492 g/mol. The van der Waals surface area contributed by atoms with Gasteiger partial charge in [-0.3, -0.25) is 0 Å². The second-order valence-electron chi connectivity index (χ2n) is 6.82. The molecule has 0 fully saturated rings. The summed E-state index contributed by atoms with van der Waals surface area (Å²) in [6.07, 6.45) is -9.93. The molecule has 0 radical (unpaired) electrons. The van der Waals surface area contributed by atoms with E-state index in [2.05, 4.69) is 5.10 Å². The second-order valence-corrected chi connectivity index (χ2v) is 7.26. The molecule has 2 aromatic carbocycles. The zero-order valence-electron chi connectivity index (χ0n) is 16.9. The van der Waals surface area contributed by atoms with Crippen LogP contribution in [0.4, 0.5) is 31.1 Å². The van der Waals surface area contributed by atoms with Crippen molar-refractivity contribution >= 4 is 17.7 Å². The highest BCUT2D eigenvalue weighted by molar-refractivity contribution is 6.30. The van der Waals surface area contributed by atoms with Crippen LogP contribution in [0.1, 0.15) is 23.7 Å². The number of aromatic nitrogens is 2. The van der Waals surface area contributed by atoms with Crippen molar-refractivity contribution in [3.63, 3.8) is 0 Å². The molecule has 12 heteroatoms. The Kier molecular flexibility index (Phi) is 6.92. The van der Waals surface area contributed by atoms with Crippen molar-refractivity contribution in [1.82, 2.24) is 14.7 Å². The van der Waals surface area contributed by atoms with E-state index in [1.54, 1.807) is 0 Å². The summed E-state index contributed by atoms with van der Waals surface area (Å²) >= 11 is 5.77. The van der Waals surface area contributed by atoms with Gasteiger partial charge >= 0.3 is 18.4 Å². The number of hydrogen-bond donors (Lipinski definition) is 0. The predicted molar refractivity (Wildman–Crippen MR) is 107 cm³/mol. The SMILES string of the molecule is CCN(Cc1cccc(C(F)(F)F)c1)C(=O)Oc1cnn(-c2ccc(Cl)cc2)c1C(F)(F)F. The molecular weight excluding hydrogens is 476 g/mol. The number of hydrogen-bond acceptors (Lipinski definition) is 3. The number of carbonyl (C=O) groups excluding carboxylic acids is 1. The smallest absolute Gasteiger partial charge is 0.406 e. The summed E-state index contributed by atoms with van der Waals surface area (Å²) in [6.45, 7) is 1.18. The van der Waals surface area contributed by atoms with Crippen LogP contribution >= 0.6 is 11.6 Å². The molecule has 1 aromatic heterocycles. The largest absolute Gasteiger partial charge is 0.437 e. The van der Waals surface area contributed by atoms with Crippen LogP contribution in [-0.2, 0) is 18.9 Å². The molecule has 0 N–H and O–H groups in total. The molecule has 5 nitrogen and oxygen atoms in total. The minimum Gasteiger partial charge on any atom is -0.406 e. The van der Waals surface area contributed by atoms with Gasteiger partial charge in [-0.2, -0.15) is 31.4 Å². The van der Waals surface area contributed by atoms with Crippen molar-refractivity contribution in [3.05, 3.63) is 76.6 Å². The van der Waals surface area contributed by atoms with E-state index in [-0.39, 0.29) is 24.3 Å². The molecule has 176 valence electrons. The number of alkyl halides is 6. The van der Waals surface area contributed by atoms with E-state index in [9.17, 15) is 31.1 Å². The Morgan fingerprint density at radius 2 is 1.73 bits per heavy atom. The number of ether oxygens (including phenoxy) is 1. The number of nitrogens with zero attached hydrogens (tertiary/aromatic N) is 3. The zero-order chi connectivity index (χ0) is 24.4. The van der Waals surface area contributed by atoms with Gasteiger partial charge in [0.25, 0.3) is 0 Å². The van der Waals surface area contributed by atoms with Gasteiger partial charge in [0.05, 0.1) is 17.4 Å². The quantitative estimate of drug-likeness (QED) is 0.379. The van der Waals surface area contributed by atoms with Gasteiger partial charge in [-0.15, -0.1) is 0 Å². The molecule has 0 aliphatic rings. The summed E-state index contributed by atoms with van der Waals surface area (Å²) < 4.78 is 85.5. The normalized spacial score (nSPS) is 12.0. The van der Waals surface area contributed by atoms with Gasteiger partial charge in [0.2, 0.25) is 0 Å². The standard InChI is InChI=1S/C21H16ClF6N3O2/c1-2-30(12-13-4-3-5-14(10-13)20(23,24)25)19(32)33-17-11-29-31(18(17)21(26,27)28)16-8-6-15(22)7-9-16/h3-11H,2,12H2,1H3. The third kappa shape index (κ3) is 5.78. The Morgan fingerprint density at radius 3 is 2.30 bits per heavy atom. The molecule has 0 spiro atoms. The Balaban J connectivity index is 1.86. The van der Waals surface area contributed by atoms with Gasteiger partial charge < -0.3 is 9.64 Å². The fourth-order valence-corrected chi connectivity index (χ4v) is 3.10.